The number of piperidine rings is 2. The zero-order chi connectivity index (χ0) is 29.9. The van der Waals surface area contributed by atoms with Gasteiger partial charge in [0.05, 0.1) is 5.69 Å². The maximum Gasteiger partial charge on any atom is 0.573 e. The number of benzene rings is 1. The van der Waals surface area contributed by atoms with Crippen molar-refractivity contribution in [2.45, 2.75) is 89.6 Å². The molecule has 226 valence electrons. The number of aromatic nitrogens is 2. The van der Waals surface area contributed by atoms with Gasteiger partial charge in [-0.1, -0.05) is 26.0 Å². The number of carbonyl (C=O) groups excluding carboxylic acids is 2. The van der Waals surface area contributed by atoms with Gasteiger partial charge in [0.15, 0.2) is 0 Å². The molecule has 0 aliphatic carbocycles. The van der Waals surface area contributed by atoms with Crippen LogP contribution < -0.4 is 10.1 Å². The number of H-pyrrole nitrogens is 1. The highest BCUT2D eigenvalue weighted by atomic mass is 19.4. The van der Waals surface area contributed by atoms with E-state index in [1.165, 1.54) is 12.1 Å². The molecular weight excluding hydrogens is 539 g/mol. The predicted octanol–water partition coefficient (Wildman–Crippen LogP) is 6.11. The minimum atomic E-state index is -4.76. The van der Waals surface area contributed by atoms with Crippen molar-refractivity contribution in [1.29, 1.82) is 0 Å². The monoisotopic (exact) mass is 579 g/mol. The van der Waals surface area contributed by atoms with Crippen LogP contribution in [0.2, 0.25) is 0 Å². The number of urea groups is 1. The lowest BCUT2D eigenvalue weighted by molar-refractivity contribution is -0.274. The molecule has 0 saturated carbocycles. The van der Waals surface area contributed by atoms with Gasteiger partial charge in [-0.3, -0.25) is 5.10 Å². The van der Waals surface area contributed by atoms with Gasteiger partial charge in [-0.05, 0) is 69.7 Å². The number of hydrogen-bond donors (Lipinski definition) is 2. The molecule has 9 nitrogen and oxygen atoms in total. The molecule has 0 spiro atoms. The number of nitrogens with one attached hydrogen (secondary N) is 2. The van der Waals surface area contributed by atoms with E-state index in [-0.39, 0.29) is 35.6 Å². The van der Waals surface area contributed by atoms with Crippen LogP contribution >= 0.6 is 0 Å². The number of aromatic amines is 1. The largest absolute Gasteiger partial charge is 0.573 e. The maximum atomic E-state index is 13.7. The molecule has 2 saturated heterocycles. The van der Waals surface area contributed by atoms with Crippen LogP contribution in [0.25, 0.3) is 0 Å². The number of likely N-dealkylation sites (tertiary alicyclic amines) is 2. The number of hydrogen-bond acceptors (Lipinski definition) is 5. The van der Waals surface area contributed by atoms with E-state index in [1.54, 1.807) is 17.0 Å². The van der Waals surface area contributed by atoms with Gasteiger partial charge in [0.1, 0.15) is 11.4 Å². The summed E-state index contributed by atoms with van der Waals surface area (Å²) in [6, 6.07) is 7.77. The molecule has 2 unspecified atom stereocenters. The number of ether oxygens (including phenoxy) is 2. The van der Waals surface area contributed by atoms with E-state index < -0.39 is 18.1 Å². The van der Waals surface area contributed by atoms with Gasteiger partial charge < -0.3 is 24.6 Å². The Morgan fingerprint density at radius 2 is 1.66 bits per heavy atom. The average Bonchev–Trinajstić information content (AvgIpc) is 3.38. The summed E-state index contributed by atoms with van der Waals surface area (Å²) in [5, 5.41) is 10.5. The molecule has 2 aromatic rings. The summed E-state index contributed by atoms with van der Waals surface area (Å²) in [6.07, 6.45) is -3.28. The number of alkyl halides is 3. The van der Waals surface area contributed by atoms with Crippen molar-refractivity contribution >= 4 is 12.1 Å². The summed E-state index contributed by atoms with van der Waals surface area (Å²) in [7, 11) is 0. The quantitative estimate of drug-likeness (QED) is 0.445. The summed E-state index contributed by atoms with van der Waals surface area (Å²) in [5.74, 6) is -0.140. The van der Waals surface area contributed by atoms with Crippen molar-refractivity contribution in [2.75, 3.05) is 26.2 Å². The van der Waals surface area contributed by atoms with Crippen LogP contribution in [-0.2, 0) is 4.74 Å². The first-order valence-electron chi connectivity index (χ1n) is 14.1. The smallest absolute Gasteiger partial charge is 0.444 e. The van der Waals surface area contributed by atoms with E-state index >= 15 is 0 Å². The third-order valence-electron chi connectivity index (χ3n) is 7.44. The van der Waals surface area contributed by atoms with Gasteiger partial charge in [-0.25, -0.2) is 9.59 Å². The minimum absolute atomic E-state index is 0.0184. The van der Waals surface area contributed by atoms with E-state index in [2.05, 4.69) is 34.1 Å². The predicted molar refractivity (Wildman–Crippen MR) is 147 cm³/mol. The summed E-state index contributed by atoms with van der Waals surface area (Å²) < 4.78 is 47.4. The fourth-order valence-corrected chi connectivity index (χ4v) is 5.41. The van der Waals surface area contributed by atoms with Crippen molar-refractivity contribution in [3.8, 4) is 5.75 Å². The van der Waals surface area contributed by atoms with Crippen LogP contribution in [0.15, 0.2) is 30.3 Å². The number of amides is 3. The Balaban J connectivity index is 1.46. The molecule has 0 bridgehead atoms. The maximum absolute atomic E-state index is 13.7. The molecule has 1 aromatic heterocycles. The zero-order valence-electron chi connectivity index (χ0n) is 24.3. The SMILES string of the molecule is CC(C)c1cc(C2CC(c3ccc(OC(F)(F)F)cc3)CN(C(=O)N3CCC(NC(=O)OC(C)(C)C)CC3)C2)[nH]n1. The van der Waals surface area contributed by atoms with Crippen molar-refractivity contribution in [2.24, 2.45) is 0 Å². The van der Waals surface area contributed by atoms with E-state index in [4.69, 9.17) is 4.74 Å². The van der Waals surface area contributed by atoms with Gasteiger partial charge in [0, 0.05) is 49.8 Å². The number of rotatable bonds is 5. The van der Waals surface area contributed by atoms with Gasteiger partial charge in [-0.15, -0.1) is 13.2 Å². The molecule has 3 heterocycles. The molecule has 12 heteroatoms. The molecule has 2 fully saturated rings. The molecule has 41 heavy (non-hydrogen) atoms. The molecule has 2 aliphatic rings. The lowest BCUT2D eigenvalue weighted by atomic mass is 9.83. The molecule has 1 aromatic carbocycles. The molecule has 3 amide bonds. The third kappa shape index (κ3) is 8.53. The van der Waals surface area contributed by atoms with Crippen LogP contribution in [0.3, 0.4) is 0 Å². The van der Waals surface area contributed by atoms with Crippen LogP contribution in [0, 0.1) is 0 Å². The first-order valence-corrected chi connectivity index (χ1v) is 14.1. The highest BCUT2D eigenvalue weighted by molar-refractivity contribution is 5.75. The van der Waals surface area contributed by atoms with Crippen molar-refractivity contribution in [1.82, 2.24) is 25.3 Å². The normalized spacial score (nSPS) is 20.7. The van der Waals surface area contributed by atoms with Crippen molar-refractivity contribution in [3.05, 3.63) is 47.3 Å². The van der Waals surface area contributed by atoms with Crippen LogP contribution in [0.4, 0.5) is 22.8 Å². The standard InChI is InChI=1S/C29H40F3N5O4/c1-18(2)24-15-25(35-34-24)21-14-20(19-6-8-23(9-7-19)40-29(30,31)32)16-37(17-21)27(39)36-12-10-22(11-13-36)33-26(38)41-28(3,4)5/h6-9,15,18,20-22H,10-14,16-17H2,1-5H3,(H,33,38)(H,34,35). The van der Waals surface area contributed by atoms with E-state index in [0.29, 0.717) is 45.4 Å². The first-order chi connectivity index (χ1) is 19.2. The second kappa shape index (κ2) is 12.2. The van der Waals surface area contributed by atoms with E-state index in [9.17, 15) is 22.8 Å². The average molecular weight is 580 g/mol. The fourth-order valence-electron chi connectivity index (χ4n) is 5.41. The highest BCUT2D eigenvalue weighted by Gasteiger charge is 2.36. The van der Waals surface area contributed by atoms with Gasteiger partial charge >= 0.3 is 18.5 Å². The highest BCUT2D eigenvalue weighted by Crippen LogP contribution is 2.37. The molecular formula is C29H40F3N5O4. The van der Waals surface area contributed by atoms with Crippen molar-refractivity contribution < 1.29 is 32.2 Å². The van der Waals surface area contributed by atoms with E-state index in [1.807, 2.05) is 31.7 Å². The topological polar surface area (TPSA) is 99.8 Å². The van der Waals surface area contributed by atoms with Gasteiger partial charge in [-0.2, -0.15) is 5.10 Å². The summed E-state index contributed by atoms with van der Waals surface area (Å²) in [4.78, 5) is 29.5. The third-order valence-corrected chi connectivity index (χ3v) is 7.44. The summed E-state index contributed by atoms with van der Waals surface area (Å²) in [5.41, 5.74) is 2.13. The number of alkyl carbamates (subject to hydrolysis) is 1. The summed E-state index contributed by atoms with van der Waals surface area (Å²) in [6.45, 7) is 11.5. The molecule has 2 atom stereocenters. The second-order valence-electron chi connectivity index (χ2n) is 12.2. The lowest BCUT2D eigenvalue weighted by Crippen LogP contribution is -2.53. The Bertz CT molecular complexity index is 1180. The zero-order valence-corrected chi connectivity index (χ0v) is 24.3. The van der Waals surface area contributed by atoms with Crippen LogP contribution in [0.1, 0.15) is 88.6 Å². The summed E-state index contributed by atoms with van der Waals surface area (Å²) >= 11 is 0. The lowest BCUT2D eigenvalue weighted by Gasteiger charge is -2.42. The fraction of sp³-hybridized carbons (Fsp3) is 0.621. The first kappa shape index (κ1) is 30.5. The Labute approximate surface area is 238 Å². The van der Waals surface area contributed by atoms with Crippen LogP contribution in [0.5, 0.6) is 5.75 Å². The van der Waals surface area contributed by atoms with Crippen molar-refractivity contribution in [3.63, 3.8) is 0 Å². The molecule has 0 radical (unpaired) electrons. The number of halogens is 3. The van der Waals surface area contributed by atoms with Gasteiger partial charge in [0.2, 0.25) is 0 Å². The Morgan fingerprint density at radius 3 is 2.22 bits per heavy atom. The molecule has 4 rings (SSSR count). The Hall–Kier alpha value is -3.44. The van der Waals surface area contributed by atoms with Gasteiger partial charge in [0.25, 0.3) is 0 Å². The number of nitrogens with zero attached hydrogens (tertiary/aromatic N) is 3. The molecule has 2 aliphatic heterocycles. The minimum Gasteiger partial charge on any atom is -0.444 e. The Kier molecular flexibility index (Phi) is 9.08. The van der Waals surface area contributed by atoms with Crippen LogP contribution in [-0.4, -0.2) is 76.3 Å². The van der Waals surface area contributed by atoms with E-state index in [0.717, 1.165) is 17.0 Å². The number of carbonyl (C=O) groups is 2. The molecule has 2 N–H and O–H groups in total. The second-order valence-corrected chi connectivity index (χ2v) is 12.2. The Morgan fingerprint density at radius 1 is 1.02 bits per heavy atom.